The first kappa shape index (κ1) is 20.3. The third kappa shape index (κ3) is 4.88. The number of carbonyl (C=O) groups is 1. The number of ketones is 1. The number of nitrogens with zero attached hydrogens (tertiary/aromatic N) is 3. The molecule has 3 aromatic rings. The lowest BCUT2D eigenvalue weighted by atomic mass is 10.2. The van der Waals surface area contributed by atoms with E-state index in [2.05, 4.69) is 47.9 Å². The summed E-state index contributed by atoms with van der Waals surface area (Å²) >= 11 is 1.46. The van der Waals surface area contributed by atoms with Gasteiger partial charge in [0.05, 0.1) is 26.4 Å². The van der Waals surface area contributed by atoms with E-state index in [0.29, 0.717) is 12.3 Å². The number of aromatic nitrogens is 3. The Hall–Kier alpha value is -2.44. The first-order valence-electron chi connectivity index (χ1n) is 9.58. The van der Waals surface area contributed by atoms with Gasteiger partial charge in [0.25, 0.3) is 0 Å². The van der Waals surface area contributed by atoms with Crippen LogP contribution < -0.4 is 4.90 Å². The number of benzene rings is 2. The SMILES string of the molecule is CC[C@H](c1nnc(SCC(=O)c2ccccc2)n1Cc1ccccc1)[NH+](C)C. The smallest absolute Gasteiger partial charge is 0.192 e. The van der Waals surface area contributed by atoms with Gasteiger partial charge in [-0.25, -0.2) is 0 Å². The molecule has 0 spiro atoms. The highest BCUT2D eigenvalue weighted by Crippen LogP contribution is 2.23. The number of hydrogen-bond donors (Lipinski definition) is 1. The Labute approximate surface area is 170 Å². The van der Waals surface area contributed by atoms with Crippen LogP contribution in [0.1, 0.15) is 41.1 Å². The van der Waals surface area contributed by atoms with Gasteiger partial charge in [-0.15, -0.1) is 10.2 Å². The lowest BCUT2D eigenvalue weighted by Crippen LogP contribution is -3.06. The summed E-state index contributed by atoms with van der Waals surface area (Å²) in [7, 11) is 4.28. The van der Waals surface area contributed by atoms with Gasteiger partial charge in [0.2, 0.25) is 0 Å². The van der Waals surface area contributed by atoms with E-state index in [9.17, 15) is 4.79 Å². The molecule has 146 valence electrons. The van der Waals surface area contributed by atoms with Crippen LogP contribution >= 0.6 is 11.8 Å². The third-order valence-electron chi connectivity index (χ3n) is 4.77. The standard InChI is InChI=1S/C22H26N4OS/c1-4-19(25(2)3)21-23-24-22(26(21)15-17-11-7-5-8-12-17)28-16-20(27)18-13-9-6-10-14-18/h5-14,19H,4,15-16H2,1-3H3/p+1/t19-/m1/s1. The molecular formula is C22H27N4OS+. The summed E-state index contributed by atoms with van der Waals surface area (Å²) in [5.41, 5.74) is 1.93. The van der Waals surface area contributed by atoms with Gasteiger partial charge in [-0.05, 0) is 5.56 Å². The highest BCUT2D eigenvalue weighted by atomic mass is 32.2. The van der Waals surface area contributed by atoms with Gasteiger partial charge in [-0.3, -0.25) is 9.36 Å². The van der Waals surface area contributed by atoms with Crippen LogP contribution in [0.5, 0.6) is 0 Å². The van der Waals surface area contributed by atoms with Gasteiger partial charge in [0.15, 0.2) is 16.8 Å². The monoisotopic (exact) mass is 395 g/mol. The van der Waals surface area contributed by atoms with Crippen molar-refractivity contribution in [3.05, 3.63) is 77.6 Å². The number of hydrogen-bond acceptors (Lipinski definition) is 4. The molecule has 5 nitrogen and oxygen atoms in total. The molecular weight excluding hydrogens is 368 g/mol. The highest BCUT2D eigenvalue weighted by molar-refractivity contribution is 7.99. The second-order valence-corrected chi connectivity index (χ2v) is 7.97. The summed E-state index contributed by atoms with van der Waals surface area (Å²) in [6, 6.07) is 20.0. The zero-order chi connectivity index (χ0) is 19.9. The van der Waals surface area contributed by atoms with Crippen molar-refractivity contribution in [2.75, 3.05) is 19.8 Å². The van der Waals surface area contributed by atoms with Crippen LogP contribution in [-0.4, -0.2) is 40.4 Å². The second kappa shape index (κ2) is 9.66. The zero-order valence-electron chi connectivity index (χ0n) is 16.6. The molecule has 1 heterocycles. The average Bonchev–Trinajstić information content (AvgIpc) is 3.10. The number of thioether (sulfide) groups is 1. The fourth-order valence-electron chi connectivity index (χ4n) is 3.27. The summed E-state index contributed by atoms with van der Waals surface area (Å²) in [5.74, 6) is 1.43. The minimum atomic E-state index is 0.103. The molecule has 1 N–H and O–H groups in total. The van der Waals surface area contributed by atoms with Crippen LogP contribution in [0.3, 0.4) is 0 Å². The van der Waals surface area contributed by atoms with Crippen LogP contribution in [0.4, 0.5) is 0 Å². The number of nitrogens with one attached hydrogen (secondary N) is 1. The molecule has 3 rings (SSSR count). The van der Waals surface area contributed by atoms with Gasteiger partial charge in [0.1, 0.15) is 6.04 Å². The summed E-state index contributed by atoms with van der Waals surface area (Å²) in [4.78, 5) is 13.8. The van der Waals surface area contributed by atoms with Gasteiger partial charge >= 0.3 is 0 Å². The summed E-state index contributed by atoms with van der Waals surface area (Å²) in [6.45, 7) is 2.87. The fourth-order valence-corrected chi connectivity index (χ4v) is 4.11. The molecule has 6 heteroatoms. The largest absolute Gasteiger partial charge is 0.331 e. The molecule has 0 fully saturated rings. The van der Waals surface area contributed by atoms with Gasteiger partial charge in [0, 0.05) is 12.0 Å². The van der Waals surface area contributed by atoms with Crippen molar-refractivity contribution in [2.45, 2.75) is 31.1 Å². The summed E-state index contributed by atoms with van der Waals surface area (Å²) < 4.78 is 2.17. The normalized spacial score (nSPS) is 12.3. The van der Waals surface area contributed by atoms with E-state index in [4.69, 9.17) is 0 Å². The van der Waals surface area contributed by atoms with Crippen LogP contribution in [0, 0.1) is 0 Å². The van der Waals surface area contributed by atoms with E-state index in [1.165, 1.54) is 22.2 Å². The molecule has 0 aliphatic heterocycles. The van der Waals surface area contributed by atoms with E-state index >= 15 is 0 Å². The van der Waals surface area contributed by atoms with E-state index in [-0.39, 0.29) is 11.8 Å². The highest BCUT2D eigenvalue weighted by Gasteiger charge is 2.25. The molecule has 0 aliphatic rings. The lowest BCUT2D eigenvalue weighted by molar-refractivity contribution is -0.893. The van der Waals surface area contributed by atoms with Crippen molar-refractivity contribution in [1.29, 1.82) is 0 Å². The maximum absolute atomic E-state index is 12.5. The number of Topliss-reactive ketones (excluding diaryl/α,β-unsaturated/α-hetero) is 1. The van der Waals surface area contributed by atoms with E-state index < -0.39 is 0 Å². The van der Waals surface area contributed by atoms with Crippen molar-refractivity contribution in [3.63, 3.8) is 0 Å². The number of quaternary nitrogens is 1. The zero-order valence-corrected chi connectivity index (χ0v) is 17.4. The first-order valence-corrected chi connectivity index (χ1v) is 10.6. The fraction of sp³-hybridized carbons (Fsp3) is 0.318. The number of rotatable bonds is 9. The molecule has 0 saturated heterocycles. The maximum Gasteiger partial charge on any atom is 0.192 e. The van der Waals surface area contributed by atoms with Crippen molar-refractivity contribution in [2.24, 2.45) is 0 Å². The molecule has 0 amide bonds. The molecule has 0 unspecified atom stereocenters. The second-order valence-electron chi connectivity index (χ2n) is 7.03. The van der Waals surface area contributed by atoms with E-state index in [1.54, 1.807) is 0 Å². The van der Waals surface area contributed by atoms with Crippen molar-refractivity contribution < 1.29 is 9.69 Å². The molecule has 28 heavy (non-hydrogen) atoms. The number of carbonyl (C=O) groups excluding carboxylic acids is 1. The van der Waals surface area contributed by atoms with Crippen molar-refractivity contribution in [3.8, 4) is 0 Å². The minimum absolute atomic E-state index is 0.103. The third-order valence-corrected chi connectivity index (χ3v) is 5.74. The Morgan fingerprint density at radius 3 is 2.29 bits per heavy atom. The average molecular weight is 396 g/mol. The summed E-state index contributed by atoms with van der Waals surface area (Å²) in [6.07, 6.45) is 0.975. The van der Waals surface area contributed by atoms with Crippen LogP contribution in [0.2, 0.25) is 0 Å². The predicted molar refractivity (Wildman–Crippen MR) is 113 cm³/mol. The first-order chi connectivity index (χ1) is 13.6. The van der Waals surface area contributed by atoms with Crippen molar-refractivity contribution >= 4 is 17.5 Å². The van der Waals surface area contributed by atoms with Crippen LogP contribution in [-0.2, 0) is 6.54 Å². The van der Waals surface area contributed by atoms with Gasteiger partial charge in [-0.1, -0.05) is 79.3 Å². The molecule has 0 radical (unpaired) electrons. The summed E-state index contributed by atoms with van der Waals surface area (Å²) in [5, 5.41) is 9.75. The Kier molecular flexibility index (Phi) is 7.01. The topological polar surface area (TPSA) is 52.2 Å². The predicted octanol–water partition coefficient (Wildman–Crippen LogP) is 2.90. The molecule has 2 aromatic carbocycles. The Balaban J connectivity index is 1.85. The molecule has 1 atom stereocenters. The lowest BCUT2D eigenvalue weighted by Gasteiger charge is -2.20. The molecule has 1 aromatic heterocycles. The Morgan fingerprint density at radius 1 is 1.04 bits per heavy atom. The quantitative estimate of drug-likeness (QED) is 0.447. The Bertz CT molecular complexity index is 893. The molecule has 0 bridgehead atoms. The van der Waals surface area contributed by atoms with Gasteiger partial charge < -0.3 is 4.90 Å². The van der Waals surface area contributed by atoms with Crippen molar-refractivity contribution in [1.82, 2.24) is 14.8 Å². The molecule has 0 saturated carbocycles. The minimum Gasteiger partial charge on any atom is -0.331 e. The maximum atomic E-state index is 12.5. The van der Waals surface area contributed by atoms with E-state index in [0.717, 1.165) is 23.0 Å². The van der Waals surface area contributed by atoms with Crippen LogP contribution in [0.15, 0.2) is 65.8 Å². The molecule has 0 aliphatic carbocycles. The Morgan fingerprint density at radius 2 is 1.68 bits per heavy atom. The van der Waals surface area contributed by atoms with Gasteiger partial charge in [-0.2, -0.15) is 0 Å². The van der Waals surface area contributed by atoms with E-state index in [1.807, 2.05) is 48.5 Å². The van der Waals surface area contributed by atoms with Crippen LogP contribution in [0.25, 0.3) is 0 Å².